The van der Waals surface area contributed by atoms with Gasteiger partial charge in [0.25, 0.3) is 0 Å². The molecule has 0 aromatic heterocycles. The first-order valence-corrected chi connectivity index (χ1v) is 7.95. The lowest BCUT2D eigenvalue weighted by Crippen LogP contribution is -2.34. The van der Waals surface area contributed by atoms with Gasteiger partial charge in [-0.2, -0.15) is 0 Å². The van der Waals surface area contributed by atoms with Crippen molar-refractivity contribution in [2.45, 2.75) is 53.0 Å². The van der Waals surface area contributed by atoms with Crippen LogP contribution in [0.3, 0.4) is 0 Å². The van der Waals surface area contributed by atoms with Gasteiger partial charge in [-0.15, -0.1) is 0 Å². The van der Waals surface area contributed by atoms with E-state index in [1.807, 2.05) is 23.1 Å². The molecule has 1 aromatic rings. The van der Waals surface area contributed by atoms with Crippen LogP contribution in [0.1, 0.15) is 58.6 Å². The molecule has 2 atom stereocenters. The Kier molecular flexibility index (Phi) is 4.72. The summed E-state index contributed by atoms with van der Waals surface area (Å²) in [5.74, 6) is 0.577. The highest BCUT2D eigenvalue weighted by Crippen LogP contribution is 2.34. The molecular formula is C18H28N2O. The van der Waals surface area contributed by atoms with Crippen LogP contribution >= 0.6 is 0 Å². The number of rotatable bonds is 2. The number of nitrogens with zero attached hydrogens (tertiary/aromatic N) is 1. The molecule has 0 radical (unpaired) electrons. The zero-order valence-corrected chi connectivity index (χ0v) is 13.7. The monoisotopic (exact) mass is 288 g/mol. The molecule has 0 saturated carbocycles. The van der Waals surface area contributed by atoms with Crippen molar-refractivity contribution in [1.29, 1.82) is 0 Å². The number of anilines is 1. The standard InChI is InChI=1S/C18H28N2O/c1-13(18(2,3)4)12-17(21)20-11-7-9-15(19)14-8-5-6-10-16(14)20/h5-6,8,10,13,15H,7,9,11-12,19H2,1-4H3. The Balaban J connectivity index is 2.23. The van der Waals surface area contributed by atoms with Crippen molar-refractivity contribution in [3.05, 3.63) is 29.8 Å². The fourth-order valence-electron chi connectivity index (χ4n) is 2.73. The summed E-state index contributed by atoms with van der Waals surface area (Å²) in [5, 5.41) is 0. The molecule has 2 N–H and O–H groups in total. The number of amides is 1. The average molecular weight is 288 g/mol. The predicted octanol–water partition coefficient (Wildman–Crippen LogP) is 3.89. The summed E-state index contributed by atoms with van der Waals surface area (Å²) < 4.78 is 0. The molecule has 0 saturated heterocycles. The lowest BCUT2D eigenvalue weighted by Gasteiger charge is -2.30. The van der Waals surface area contributed by atoms with Crippen LogP contribution in [-0.4, -0.2) is 12.5 Å². The number of para-hydroxylation sites is 1. The van der Waals surface area contributed by atoms with Gasteiger partial charge in [0.15, 0.2) is 0 Å². The summed E-state index contributed by atoms with van der Waals surface area (Å²) in [7, 11) is 0. The Bertz CT molecular complexity index is 504. The number of hydrogen-bond donors (Lipinski definition) is 1. The first-order valence-electron chi connectivity index (χ1n) is 7.95. The van der Waals surface area contributed by atoms with Crippen LogP contribution in [-0.2, 0) is 4.79 Å². The van der Waals surface area contributed by atoms with E-state index >= 15 is 0 Å². The summed E-state index contributed by atoms with van der Waals surface area (Å²) in [5.41, 5.74) is 8.50. The van der Waals surface area contributed by atoms with Crippen LogP contribution in [0.25, 0.3) is 0 Å². The van der Waals surface area contributed by atoms with Crippen molar-refractivity contribution in [1.82, 2.24) is 0 Å². The van der Waals surface area contributed by atoms with Crippen molar-refractivity contribution in [2.75, 3.05) is 11.4 Å². The Morgan fingerprint density at radius 1 is 1.38 bits per heavy atom. The predicted molar refractivity (Wildman–Crippen MR) is 88.2 cm³/mol. The highest BCUT2D eigenvalue weighted by atomic mass is 16.2. The number of fused-ring (bicyclic) bond motifs is 1. The van der Waals surface area contributed by atoms with E-state index in [9.17, 15) is 4.79 Å². The molecule has 1 heterocycles. The summed E-state index contributed by atoms with van der Waals surface area (Å²) in [6.45, 7) is 9.51. The molecule has 0 bridgehead atoms. The quantitative estimate of drug-likeness (QED) is 0.897. The number of carbonyl (C=O) groups is 1. The van der Waals surface area contributed by atoms with E-state index in [1.165, 1.54) is 0 Å². The van der Waals surface area contributed by atoms with Gasteiger partial charge in [0.05, 0.1) is 0 Å². The van der Waals surface area contributed by atoms with Gasteiger partial charge in [0, 0.05) is 24.7 Å². The molecule has 0 aliphatic carbocycles. The maximum Gasteiger partial charge on any atom is 0.227 e. The number of carbonyl (C=O) groups excluding carboxylic acids is 1. The van der Waals surface area contributed by atoms with Gasteiger partial charge in [-0.3, -0.25) is 4.79 Å². The van der Waals surface area contributed by atoms with E-state index in [0.29, 0.717) is 12.3 Å². The lowest BCUT2D eigenvalue weighted by molar-refractivity contribution is -0.120. The molecular weight excluding hydrogens is 260 g/mol. The Morgan fingerprint density at radius 3 is 2.71 bits per heavy atom. The minimum Gasteiger partial charge on any atom is -0.324 e. The fraction of sp³-hybridized carbons (Fsp3) is 0.611. The van der Waals surface area contributed by atoms with Crippen LogP contribution in [0.15, 0.2) is 24.3 Å². The second kappa shape index (κ2) is 6.18. The molecule has 3 nitrogen and oxygen atoms in total. The lowest BCUT2D eigenvalue weighted by atomic mass is 9.80. The van der Waals surface area contributed by atoms with Crippen molar-refractivity contribution >= 4 is 11.6 Å². The minimum absolute atomic E-state index is 0.0408. The van der Waals surface area contributed by atoms with Gasteiger partial charge in [0.2, 0.25) is 5.91 Å². The van der Waals surface area contributed by atoms with Crippen LogP contribution in [0.5, 0.6) is 0 Å². The number of benzene rings is 1. The molecule has 21 heavy (non-hydrogen) atoms. The average Bonchev–Trinajstić information content (AvgIpc) is 2.58. The van der Waals surface area contributed by atoms with Crippen LogP contribution in [0, 0.1) is 11.3 Å². The van der Waals surface area contributed by atoms with E-state index in [1.54, 1.807) is 0 Å². The van der Waals surface area contributed by atoms with E-state index < -0.39 is 0 Å². The summed E-state index contributed by atoms with van der Waals surface area (Å²) in [6.07, 6.45) is 2.49. The second-order valence-corrected chi connectivity index (χ2v) is 7.32. The zero-order valence-electron chi connectivity index (χ0n) is 13.7. The van der Waals surface area contributed by atoms with Gasteiger partial charge in [0.1, 0.15) is 0 Å². The normalized spacial score (nSPS) is 20.6. The van der Waals surface area contributed by atoms with Crippen LogP contribution < -0.4 is 10.6 Å². The van der Waals surface area contributed by atoms with Gasteiger partial charge < -0.3 is 10.6 Å². The van der Waals surface area contributed by atoms with E-state index in [2.05, 4.69) is 33.8 Å². The molecule has 3 heteroatoms. The fourth-order valence-corrected chi connectivity index (χ4v) is 2.73. The smallest absolute Gasteiger partial charge is 0.227 e. The summed E-state index contributed by atoms with van der Waals surface area (Å²) in [4.78, 5) is 14.7. The van der Waals surface area contributed by atoms with Crippen molar-refractivity contribution in [2.24, 2.45) is 17.1 Å². The zero-order chi connectivity index (χ0) is 15.6. The van der Waals surface area contributed by atoms with Crippen molar-refractivity contribution < 1.29 is 4.79 Å². The maximum absolute atomic E-state index is 12.8. The van der Waals surface area contributed by atoms with E-state index in [4.69, 9.17) is 5.73 Å². The summed E-state index contributed by atoms with van der Waals surface area (Å²) in [6, 6.07) is 8.12. The second-order valence-electron chi connectivity index (χ2n) is 7.32. The first kappa shape index (κ1) is 16.0. The van der Waals surface area contributed by atoms with E-state index in [-0.39, 0.29) is 17.4 Å². The molecule has 0 spiro atoms. The highest BCUT2D eigenvalue weighted by molar-refractivity contribution is 5.94. The maximum atomic E-state index is 12.8. The Hall–Kier alpha value is -1.35. The molecule has 0 fully saturated rings. The first-order chi connectivity index (χ1) is 9.80. The largest absolute Gasteiger partial charge is 0.324 e. The van der Waals surface area contributed by atoms with Gasteiger partial charge >= 0.3 is 0 Å². The Morgan fingerprint density at radius 2 is 2.05 bits per heavy atom. The molecule has 2 rings (SSSR count). The SMILES string of the molecule is CC(CC(=O)N1CCCC(N)c2ccccc21)C(C)(C)C. The third-order valence-electron chi connectivity index (χ3n) is 4.78. The molecule has 2 unspecified atom stereocenters. The van der Waals surface area contributed by atoms with Crippen molar-refractivity contribution in [3.8, 4) is 0 Å². The van der Waals surface area contributed by atoms with Gasteiger partial charge in [-0.1, -0.05) is 45.9 Å². The number of nitrogens with two attached hydrogens (primary N) is 1. The topological polar surface area (TPSA) is 46.3 Å². The highest BCUT2D eigenvalue weighted by Gasteiger charge is 2.28. The van der Waals surface area contributed by atoms with Gasteiger partial charge in [-0.25, -0.2) is 0 Å². The molecule has 1 aromatic carbocycles. The molecule has 1 amide bonds. The molecule has 1 aliphatic rings. The van der Waals surface area contributed by atoms with Crippen LogP contribution in [0.4, 0.5) is 5.69 Å². The summed E-state index contributed by atoms with van der Waals surface area (Å²) >= 11 is 0. The molecule has 116 valence electrons. The van der Waals surface area contributed by atoms with Gasteiger partial charge in [-0.05, 0) is 35.8 Å². The third kappa shape index (κ3) is 3.65. The molecule has 1 aliphatic heterocycles. The van der Waals surface area contributed by atoms with Crippen molar-refractivity contribution in [3.63, 3.8) is 0 Å². The Labute approximate surface area is 128 Å². The van der Waals surface area contributed by atoms with E-state index in [0.717, 1.165) is 30.6 Å². The third-order valence-corrected chi connectivity index (χ3v) is 4.78. The van der Waals surface area contributed by atoms with Crippen LogP contribution in [0.2, 0.25) is 0 Å². The minimum atomic E-state index is 0.0408. The number of hydrogen-bond acceptors (Lipinski definition) is 2.